The number of fused-ring (bicyclic) bond motifs is 1. The Morgan fingerprint density at radius 2 is 2.16 bits per heavy atom. The smallest absolute Gasteiger partial charge is 0.224 e. The Morgan fingerprint density at radius 1 is 1.28 bits per heavy atom. The highest BCUT2D eigenvalue weighted by molar-refractivity contribution is 5.79. The number of para-hydroxylation sites is 1. The van der Waals surface area contributed by atoms with Crippen LogP contribution in [0.15, 0.2) is 36.7 Å². The fraction of sp³-hybridized carbons (Fsp3) is 0.421. The van der Waals surface area contributed by atoms with E-state index in [1.807, 2.05) is 53.2 Å². The van der Waals surface area contributed by atoms with Crippen molar-refractivity contribution in [3.8, 4) is 0 Å². The number of carbonyl (C=O) groups is 1. The van der Waals surface area contributed by atoms with Crippen molar-refractivity contribution in [2.24, 2.45) is 0 Å². The first kappa shape index (κ1) is 15.9. The van der Waals surface area contributed by atoms with E-state index in [0.717, 1.165) is 48.0 Å². The van der Waals surface area contributed by atoms with E-state index >= 15 is 0 Å². The van der Waals surface area contributed by atoms with Gasteiger partial charge in [0.05, 0.1) is 36.2 Å². The minimum atomic E-state index is 0.123. The monoisotopic (exact) mass is 337 g/mol. The number of amides is 1. The second-order valence-corrected chi connectivity index (χ2v) is 6.74. The molecule has 1 unspecified atom stereocenters. The molecule has 1 saturated heterocycles. The summed E-state index contributed by atoms with van der Waals surface area (Å²) in [7, 11) is 0. The Bertz CT molecular complexity index is 881. The number of benzene rings is 1. The number of nitrogens with zero attached hydrogens (tertiary/aromatic N) is 4. The molecule has 0 aliphatic carbocycles. The van der Waals surface area contributed by atoms with Gasteiger partial charge >= 0.3 is 0 Å². The summed E-state index contributed by atoms with van der Waals surface area (Å²) in [5, 5.41) is 12.8. The molecular weight excluding hydrogens is 314 g/mol. The SMILES string of the molecule is Cc1cn[nH]c1C1CCCCN1C(=O)CCn1ncc2ccccc21. The molecular formula is C19H23N5O. The van der Waals surface area contributed by atoms with E-state index in [1.165, 1.54) is 0 Å². The van der Waals surface area contributed by atoms with Crippen molar-refractivity contribution >= 4 is 16.8 Å². The van der Waals surface area contributed by atoms with Crippen molar-refractivity contribution in [2.75, 3.05) is 6.54 Å². The molecule has 1 aliphatic rings. The Hall–Kier alpha value is -2.63. The van der Waals surface area contributed by atoms with E-state index in [4.69, 9.17) is 0 Å². The largest absolute Gasteiger partial charge is 0.334 e. The van der Waals surface area contributed by atoms with Gasteiger partial charge in [-0.2, -0.15) is 10.2 Å². The van der Waals surface area contributed by atoms with Crippen molar-refractivity contribution in [1.29, 1.82) is 0 Å². The molecule has 130 valence electrons. The molecule has 1 aliphatic heterocycles. The number of aromatic nitrogens is 4. The van der Waals surface area contributed by atoms with Crippen molar-refractivity contribution < 1.29 is 4.79 Å². The number of hydrogen-bond acceptors (Lipinski definition) is 3. The summed E-state index contributed by atoms with van der Waals surface area (Å²) in [4.78, 5) is 14.9. The third kappa shape index (κ3) is 3.04. The van der Waals surface area contributed by atoms with Gasteiger partial charge in [0.1, 0.15) is 0 Å². The maximum absolute atomic E-state index is 12.9. The van der Waals surface area contributed by atoms with Crippen molar-refractivity contribution in [1.82, 2.24) is 24.9 Å². The normalized spacial score (nSPS) is 18.0. The molecule has 3 heterocycles. The van der Waals surface area contributed by atoms with Crippen LogP contribution in [0, 0.1) is 6.92 Å². The highest BCUT2D eigenvalue weighted by Crippen LogP contribution is 2.31. The Balaban J connectivity index is 1.48. The number of likely N-dealkylation sites (tertiary alicyclic amines) is 1. The molecule has 0 saturated carbocycles. The lowest BCUT2D eigenvalue weighted by Gasteiger charge is -2.35. The molecule has 2 aromatic heterocycles. The summed E-state index contributed by atoms with van der Waals surface area (Å²) >= 11 is 0. The fourth-order valence-electron chi connectivity index (χ4n) is 3.77. The third-order valence-corrected chi connectivity index (χ3v) is 5.11. The molecule has 0 spiro atoms. The van der Waals surface area contributed by atoms with E-state index in [-0.39, 0.29) is 11.9 Å². The standard InChI is InChI=1S/C19H23N5O/c1-14-12-20-22-19(14)17-8-4-5-10-23(17)18(25)9-11-24-16-7-3-2-6-15(16)13-21-24/h2-3,6-7,12-13,17H,4-5,8-11H2,1H3,(H,20,22). The van der Waals surface area contributed by atoms with E-state index in [2.05, 4.69) is 15.3 Å². The summed E-state index contributed by atoms with van der Waals surface area (Å²) in [5.41, 5.74) is 3.29. The number of aromatic amines is 1. The summed E-state index contributed by atoms with van der Waals surface area (Å²) in [6, 6.07) is 8.22. The van der Waals surface area contributed by atoms with Crippen LogP contribution in [-0.4, -0.2) is 37.3 Å². The molecule has 1 aromatic carbocycles. The van der Waals surface area contributed by atoms with Crippen LogP contribution < -0.4 is 0 Å². The van der Waals surface area contributed by atoms with Gasteiger partial charge in [-0.1, -0.05) is 18.2 Å². The predicted molar refractivity (Wildman–Crippen MR) is 96.0 cm³/mol. The average molecular weight is 337 g/mol. The summed E-state index contributed by atoms with van der Waals surface area (Å²) < 4.78 is 1.92. The zero-order valence-corrected chi connectivity index (χ0v) is 14.5. The molecule has 3 aromatic rings. The first-order valence-corrected chi connectivity index (χ1v) is 8.94. The highest BCUT2D eigenvalue weighted by atomic mass is 16.2. The number of rotatable bonds is 4. The van der Waals surface area contributed by atoms with E-state index in [1.54, 1.807) is 0 Å². The van der Waals surface area contributed by atoms with Crippen LogP contribution in [0.2, 0.25) is 0 Å². The van der Waals surface area contributed by atoms with Gasteiger partial charge in [-0.25, -0.2) is 0 Å². The number of nitrogens with one attached hydrogen (secondary N) is 1. The predicted octanol–water partition coefficient (Wildman–Crippen LogP) is 3.21. The summed E-state index contributed by atoms with van der Waals surface area (Å²) in [6.45, 7) is 3.48. The number of piperidine rings is 1. The first-order valence-electron chi connectivity index (χ1n) is 8.94. The van der Waals surface area contributed by atoms with Gasteiger partial charge in [-0.05, 0) is 37.8 Å². The van der Waals surface area contributed by atoms with Gasteiger partial charge in [-0.15, -0.1) is 0 Å². The summed E-state index contributed by atoms with van der Waals surface area (Å²) in [5.74, 6) is 0.193. The number of hydrogen-bond donors (Lipinski definition) is 1. The van der Waals surface area contributed by atoms with E-state index < -0.39 is 0 Å². The Morgan fingerprint density at radius 3 is 3.00 bits per heavy atom. The van der Waals surface area contributed by atoms with Crippen LogP contribution in [0.3, 0.4) is 0 Å². The molecule has 25 heavy (non-hydrogen) atoms. The van der Waals surface area contributed by atoms with Crippen molar-refractivity contribution in [3.63, 3.8) is 0 Å². The zero-order chi connectivity index (χ0) is 17.2. The minimum absolute atomic E-state index is 0.123. The maximum Gasteiger partial charge on any atom is 0.224 e. The van der Waals surface area contributed by atoms with Crippen LogP contribution in [-0.2, 0) is 11.3 Å². The molecule has 6 heteroatoms. The summed E-state index contributed by atoms with van der Waals surface area (Å²) in [6.07, 6.45) is 7.38. The van der Waals surface area contributed by atoms with Gasteiger partial charge in [0.2, 0.25) is 5.91 Å². The van der Waals surface area contributed by atoms with Gasteiger partial charge in [0.15, 0.2) is 0 Å². The second-order valence-electron chi connectivity index (χ2n) is 6.74. The molecule has 1 N–H and O–H groups in total. The molecule has 6 nitrogen and oxygen atoms in total. The van der Waals surface area contributed by atoms with Gasteiger partial charge < -0.3 is 4.90 Å². The van der Waals surface area contributed by atoms with Crippen LogP contribution in [0.25, 0.3) is 10.9 Å². The quantitative estimate of drug-likeness (QED) is 0.795. The van der Waals surface area contributed by atoms with Crippen LogP contribution >= 0.6 is 0 Å². The third-order valence-electron chi connectivity index (χ3n) is 5.11. The van der Waals surface area contributed by atoms with Crippen LogP contribution in [0.5, 0.6) is 0 Å². The Kier molecular flexibility index (Phi) is 4.26. The van der Waals surface area contributed by atoms with Gasteiger partial charge in [0, 0.05) is 18.4 Å². The lowest BCUT2D eigenvalue weighted by Crippen LogP contribution is -2.39. The topological polar surface area (TPSA) is 66.8 Å². The van der Waals surface area contributed by atoms with Gasteiger partial charge in [-0.3, -0.25) is 14.6 Å². The number of carbonyl (C=O) groups excluding carboxylic acids is 1. The van der Waals surface area contributed by atoms with E-state index in [9.17, 15) is 4.79 Å². The van der Waals surface area contributed by atoms with Gasteiger partial charge in [0.25, 0.3) is 0 Å². The average Bonchev–Trinajstić information content (AvgIpc) is 3.26. The highest BCUT2D eigenvalue weighted by Gasteiger charge is 2.29. The molecule has 1 fully saturated rings. The number of H-pyrrole nitrogens is 1. The molecule has 1 amide bonds. The van der Waals surface area contributed by atoms with Crippen molar-refractivity contribution in [3.05, 3.63) is 47.9 Å². The zero-order valence-electron chi connectivity index (χ0n) is 14.5. The van der Waals surface area contributed by atoms with E-state index in [0.29, 0.717) is 13.0 Å². The van der Waals surface area contributed by atoms with Crippen LogP contribution in [0.1, 0.15) is 43.0 Å². The lowest BCUT2D eigenvalue weighted by atomic mass is 9.97. The lowest BCUT2D eigenvalue weighted by molar-refractivity contribution is -0.135. The molecule has 0 bridgehead atoms. The fourth-order valence-corrected chi connectivity index (χ4v) is 3.77. The molecule has 4 rings (SSSR count). The number of aryl methyl sites for hydroxylation is 2. The molecule has 1 atom stereocenters. The minimum Gasteiger partial charge on any atom is -0.334 e. The maximum atomic E-state index is 12.9. The Labute approximate surface area is 146 Å². The van der Waals surface area contributed by atoms with Crippen LogP contribution in [0.4, 0.5) is 0 Å². The van der Waals surface area contributed by atoms with Crippen molar-refractivity contribution in [2.45, 2.75) is 45.2 Å². The first-order chi connectivity index (χ1) is 12.2. The molecule has 0 radical (unpaired) electrons. The second kappa shape index (κ2) is 6.70.